The number of amides is 2. The highest BCUT2D eigenvalue weighted by Gasteiger charge is 2.15. The molecular formula is C25H23N5O2S. The maximum Gasteiger partial charge on any atom is 0.259 e. The average Bonchev–Trinajstić information content (AvgIpc) is 3.26. The molecule has 0 aliphatic rings. The predicted molar refractivity (Wildman–Crippen MR) is 130 cm³/mol. The molecule has 0 bridgehead atoms. The fraction of sp³-hybridized carbons (Fsp3) is 0.120. The molecule has 0 aliphatic carbocycles. The lowest BCUT2D eigenvalue weighted by Crippen LogP contribution is -2.16. The van der Waals surface area contributed by atoms with Crippen molar-refractivity contribution >= 4 is 35.2 Å². The molecule has 2 amide bonds. The van der Waals surface area contributed by atoms with Gasteiger partial charge in [0.15, 0.2) is 0 Å². The summed E-state index contributed by atoms with van der Waals surface area (Å²) < 4.78 is 1.67. The Morgan fingerprint density at radius 2 is 1.64 bits per heavy atom. The Labute approximate surface area is 196 Å². The van der Waals surface area contributed by atoms with Crippen molar-refractivity contribution < 1.29 is 9.59 Å². The van der Waals surface area contributed by atoms with Crippen LogP contribution < -0.4 is 10.6 Å². The first-order chi connectivity index (χ1) is 16.1. The van der Waals surface area contributed by atoms with Gasteiger partial charge in [-0.1, -0.05) is 60.2 Å². The SMILES string of the molecule is Cc1ccc(NC(=O)CSc2ccccc2C(=O)Nc2ncn(Cc3ccccc3)n2)cc1. The summed E-state index contributed by atoms with van der Waals surface area (Å²) in [7, 11) is 0. The second kappa shape index (κ2) is 10.6. The molecule has 1 heterocycles. The van der Waals surface area contributed by atoms with E-state index in [-0.39, 0.29) is 23.5 Å². The summed E-state index contributed by atoms with van der Waals surface area (Å²) in [4.78, 5) is 30.1. The minimum atomic E-state index is -0.325. The minimum Gasteiger partial charge on any atom is -0.325 e. The number of rotatable bonds is 8. The van der Waals surface area contributed by atoms with Crippen LogP contribution in [0, 0.1) is 6.92 Å². The summed E-state index contributed by atoms with van der Waals surface area (Å²) in [5, 5.41) is 9.94. The Morgan fingerprint density at radius 1 is 0.909 bits per heavy atom. The zero-order chi connectivity index (χ0) is 23.0. The van der Waals surface area contributed by atoms with Gasteiger partial charge in [-0.05, 0) is 36.8 Å². The van der Waals surface area contributed by atoms with Crippen molar-refractivity contribution in [3.63, 3.8) is 0 Å². The highest BCUT2D eigenvalue weighted by atomic mass is 32.2. The van der Waals surface area contributed by atoms with Crippen molar-refractivity contribution in [2.75, 3.05) is 16.4 Å². The van der Waals surface area contributed by atoms with Gasteiger partial charge in [0, 0.05) is 10.6 Å². The molecule has 7 nitrogen and oxygen atoms in total. The Bertz CT molecular complexity index is 1240. The van der Waals surface area contributed by atoms with E-state index >= 15 is 0 Å². The molecule has 0 fully saturated rings. The van der Waals surface area contributed by atoms with Gasteiger partial charge in [0.05, 0.1) is 17.9 Å². The monoisotopic (exact) mass is 457 g/mol. The largest absolute Gasteiger partial charge is 0.325 e. The number of anilines is 2. The van der Waals surface area contributed by atoms with Crippen LogP contribution in [0.1, 0.15) is 21.5 Å². The van der Waals surface area contributed by atoms with Gasteiger partial charge in [-0.15, -0.1) is 16.9 Å². The number of aromatic nitrogens is 3. The van der Waals surface area contributed by atoms with Crippen molar-refractivity contribution in [3.05, 3.63) is 102 Å². The number of hydrogen-bond donors (Lipinski definition) is 2. The number of benzene rings is 3. The number of aryl methyl sites for hydroxylation is 1. The molecule has 0 saturated carbocycles. The molecule has 33 heavy (non-hydrogen) atoms. The molecule has 4 aromatic rings. The second-order valence-corrected chi connectivity index (χ2v) is 8.42. The van der Waals surface area contributed by atoms with Crippen molar-refractivity contribution in [2.45, 2.75) is 18.4 Å². The smallest absolute Gasteiger partial charge is 0.259 e. The van der Waals surface area contributed by atoms with Gasteiger partial charge in [0.2, 0.25) is 11.9 Å². The van der Waals surface area contributed by atoms with Crippen molar-refractivity contribution in [1.29, 1.82) is 0 Å². The highest BCUT2D eigenvalue weighted by molar-refractivity contribution is 8.00. The first kappa shape index (κ1) is 22.3. The van der Waals surface area contributed by atoms with Crippen LogP contribution >= 0.6 is 11.8 Å². The number of nitrogens with one attached hydrogen (secondary N) is 2. The number of carbonyl (C=O) groups is 2. The summed E-state index contributed by atoms with van der Waals surface area (Å²) in [5.74, 6) is -0.0509. The van der Waals surface area contributed by atoms with Crippen LogP contribution in [0.25, 0.3) is 0 Å². The van der Waals surface area contributed by atoms with E-state index in [0.29, 0.717) is 17.0 Å². The lowest BCUT2D eigenvalue weighted by Gasteiger charge is -2.09. The number of thioether (sulfide) groups is 1. The predicted octanol–water partition coefficient (Wildman–Crippen LogP) is 4.62. The summed E-state index contributed by atoms with van der Waals surface area (Å²) in [6, 6.07) is 24.7. The molecule has 2 N–H and O–H groups in total. The van der Waals surface area contributed by atoms with Crippen LogP contribution in [0.4, 0.5) is 11.6 Å². The van der Waals surface area contributed by atoms with Crippen LogP contribution in [0.2, 0.25) is 0 Å². The van der Waals surface area contributed by atoms with E-state index in [9.17, 15) is 9.59 Å². The first-order valence-electron chi connectivity index (χ1n) is 10.4. The van der Waals surface area contributed by atoms with Gasteiger partial charge >= 0.3 is 0 Å². The average molecular weight is 458 g/mol. The van der Waals surface area contributed by atoms with Gasteiger partial charge in [-0.3, -0.25) is 14.9 Å². The lowest BCUT2D eigenvalue weighted by atomic mass is 10.2. The van der Waals surface area contributed by atoms with Gasteiger partial charge in [0.25, 0.3) is 5.91 Å². The number of hydrogen-bond acceptors (Lipinski definition) is 5. The maximum atomic E-state index is 12.9. The van der Waals surface area contributed by atoms with E-state index in [2.05, 4.69) is 20.7 Å². The van der Waals surface area contributed by atoms with Crippen molar-refractivity contribution in [1.82, 2.24) is 14.8 Å². The quantitative estimate of drug-likeness (QED) is 0.377. The molecule has 0 spiro atoms. The molecular weight excluding hydrogens is 434 g/mol. The standard InChI is InChI=1S/C25H23N5O2S/c1-18-11-13-20(14-12-18)27-23(31)16-33-22-10-6-5-9-21(22)24(32)28-25-26-17-30(29-25)15-19-7-3-2-4-8-19/h2-14,17H,15-16H2,1H3,(H,27,31)(H,28,29,32). The molecule has 0 atom stereocenters. The summed E-state index contributed by atoms with van der Waals surface area (Å²) in [6.07, 6.45) is 1.58. The fourth-order valence-electron chi connectivity index (χ4n) is 3.12. The third-order valence-electron chi connectivity index (χ3n) is 4.77. The van der Waals surface area contributed by atoms with Crippen molar-refractivity contribution in [3.8, 4) is 0 Å². The van der Waals surface area contributed by atoms with Crippen LogP contribution in [0.15, 0.2) is 90.1 Å². The second-order valence-electron chi connectivity index (χ2n) is 7.40. The molecule has 1 aromatic heterocycles. The van der Waals surface area contributed by atoms with E-state index < -0.39 is 0 Å². The van der Waals surface area contributed by atoms with E-state index in [1.54, 1.807) is 23.1 Å². The van der Waals surface area contributed by atoms with Crippen molar-refractivity contribution in [2.24, 2.45) is 0 Å². The third kappa shape index (κ3) is 6.30. The summed E-state index contributed by atoms with van der Waals surface area (Å²) in [5.41, 5.74) is 3.42. The maximum absolute atomic E-state index is 12.9. The third-order valence-corrected chi connectivity index (χ3v) is 5.85. The van der Waals surface area contributed by atoms with Gasteiger partial charge in [-0.25, -0.2) is 9.67 Å². The van der Waals surface area contributed by atoms with E-state index in [4.69, 9.17) is 0 Å². The van der Waals surface area contributed by atoms with E-state index in [0.717, 1.165) is 16.8 Å². The van der Waals surface area contributed by atoms with Crippen LogP contribution in [0.5, 0.6) is 0 Å². The highest BCUT2D eigenvalue weighted by Crippen LogP contribution is 2.23. The topological polar surface area (TPSA) is 88.9 Å². The summed E-state index contributed by atoms with van der Waals surface area (Å²) >= 11 is 1.30. The number of nitrogens with zero attached hydrogens (tertiary/aromatic N) is 3. The van der Waals surface area contributed by atoms with Gasteiger partial charge in [-0.2, -0.15) is 0 Å². The zero-order valence-electron chi connectivity index (χ0n) is 18.1. The van der Waals surface area contributed by atoms with Gasteiger partial charge in [0.1, 0.15) is 6.33 Å². The lowest BCUT2D eigenvalue weighted by molar-refractivity contribution is -0.113. The Hall–Kier alpha value is -3.91. The van der Waals surface area contributed by atoms with E-state index in [1.807, 2.05) is 73.7 Å². The molecule has 0 aliphatic heterocycles. The zero-order valence-corrected chi connectivity index (χ0v) is 18.9. The van der Waals surface area contributed by atoms with E-state index in [1.165, 1.54) is 11.8 Å². The minimum absolute atomic E-state index is 0.139. The normalized spacial score (nSPS) is 10.6. The Balaban J connectivity index is 1.36. The van der Waals surface area contributed by atoms with Gasteiger partial charge < -0.3 is 5.32 Å². The number of carbonyl (C=O) groups excluding carboxylic acids is 2. The summed E-state index contributed by atoms with van der Waals surface area (Å²) in [6.45, 7) is 2.55. The van der Waals surface area contributed by atoms with Crippen LogP contribution in [-0.2, 0) is 11.3 Å². The molecule has 8 heteroatoms. The molecule has 0 saturated heterocycles. The molecule has 166 valence electrons. The fourth-order valence-corrected chi connectivity index (χ4v) is 3.97. The molecule has 3 aromatic carbocycles. The Morgan fingerprint density at radius 3 is 2.42 bits per heavy atom. The molecule has 0 unspecified atom stereocenters. The first-order valence-corrected chi connectivity index (χ1v) is 11.4. The van der Waals surface area contributed by atoms with Crippen LogP contribution in [-0.4, -0.2) is 32.3 Å². The Kier molecular flexibility index (Phi) is 7.16. The van der Waals surface area contributed by atoms with Crippen LogP contribution in [0.3, 0.4) is 0 Å². The molecule has 4 rings (SSSR count). The molecule has 0 radical (unpaired) electrons.